The minimum absolute atomic E-state index is 0.0726. The first-order chi connectivity index (χ1) is 8.86. The lowest BCUT2D eigenvalue weighted by molar-refractivity contribution is 0.0678. The third-order valence-electron chi connectivity index (χ3n) is 2.99. The number of likely N-dealkylation sites (N-methyl/N-ethyl adjacent to an activating group) is 2. The van der Waals surface area contributed by atoms with Crippen molar-refractivity contribution in [1.29, 1.82) is 0 Å². The smallest absolute Gasteiger partial charge is 0.254 e. The van der Waals surface area contributed by atoms with Gasteiger partial charge in [-0.05, 0) is 46.1 Å². The van der Waals surface area contributed by atoms with Crippen molar-refractivity contribution in [3.05, 3.63) is 23.8 Å². The fraction of sp³-hybridized carbons (Fsp3) is 0.500. The first-order valence-electron chi connectivity index (χ1n) is 6.34. The summed E-state index contributed by atoms with van der Waals surface area (Å²) in [6.45, 7) is 5.27. The van der Waals surface area contributed by atoms with E-state index in [9.17, 15) is 15.0 Å². The van der Waals surface area contributed by atoms with Gasteiger partial charge < -0.3 is 20.0 Å². The standard InChI is InChI=1S/C14H22N2O3/c1-5-16(10(2)9-15(3)4)14(19)11-6-7-12(17)13(18)8-11/h6-8,10,17-18H,5,9H2,1-4H3. The molecule has 0 fully saturated rings. The molecule has 1 aromatic rings. The Bertz CT molecular complexity index is 446. The Morgan fingerprint density at radius 3 is 2.37 bits per heavy atom. The molecule has 1 rings (SSSR count). The van der Waals surface area contributed by atoms with Gasteiger partial charge in [-0.25, -0.2) is 0 Å². The molecule has 1 aromatic carbocycles. The predicted octanol–water partition coefficient (Wildman–Crippen LogP) is 1.51. The van der Waals surface area contributed by atoms with Crippen molar-refractivity contribution in [1.82, 2.24) is 9.80 Å². The molecule has 0 aliphatic carbocycles. The van der Waals surface area contributed by atoms with Crippen LogP contribution in [0.2, 0.25) is 0 Å². The van der Waals surface area contributed by atoms with E-state index >= 15 is 0 Å². The van der Waals surface area contributed by atoms with Crippen LogP contribution < -0.4 is 0 Å². The van der Waals surface area contributed by atoms with Gasteiger partial charge >= 0.3 is 0 Å². The average molecular weight is 266 g/mol. The Hall–Kier alpha value is -1.75. The van der Waals surface area contributed by atoms with Crippen molar-refractivity contribution in [2.45, 2.75) is 19.9 Å². The van der Waals surface area contributed by atoms with Crippen LogP contribution in [0.5, 0.6) is 11.5 Å². The van der Waals surface area contributed by atoms with Gasteiger partial charge in [0.1, 0.15) is 0 Å². The van der Waals surface area contributed by atoms with Crippen LogP contribution in [0.3, 0.4) is 0 Å². The molecule has 0 saturated heterocycles. The van der Waals surface area contributed by atoms with Crippen molar-refractivity contribution < 1.29 is 15.0 Å². The van der Waals surface area contributed by atoms with Gasteiger partial charge in [0, 0.05) is 24.7 Å². The summed E-state index contributed by atoms with van der Waals surface area (Å²) in [6, 6.07) is 4.21. The summed E-state index contributed by atoms with van der Waals surface area (Å²) >= 11 is 0. The SMILES string of the molecule is CCN(C(=O)c1ccc(O)c(O)c1)C(C)CN(C)C. The highest BCUT2D eigenvalue weighted by atomic mass is 16.3. The van der Waals surface area contributed by atoms with Crippen molar-refractivity contribution >= 4 is 5.91 Å². The molecular weight excluding hydrogens is 244 g/mol. The first kappa shape index (κ1) is 15.3. The maximum absolute atomic E-state index is 12.4. The van der Waals surface area contributed by atoms with E-state index in [1.165, 1.54) is 18.2 Å². The summed E-state index contributed by atoms with van der Waals surface area (Å²) in [7, 11) is 3.92. The van der Waals surface area contributed by atoms with E-state index in [0.29, 0.717) is 12.1 Å². The molecule has 19 heavy (non-hydrogen) atoms. The molecule has 1 amide bonds. The van der Waals surface area contributed by atoms with Gasteiger partial charge in [0.2, 0.25) is 0 Å². The monoisotopic (exact) mass is 266 g/mol. The normalized spacial score (nSPS) is 12.5. The number of amides is 1. The van der Waals surface area contributed by atoms with Gasteiger partial charge in [-0.1, -0.05) is 0 Å². The topological polar surface area (TPSA) is 64.0 Å². The third kappa shape index (κ3) is 3.86. The van der Waals surface area contributed by atoms with Gasteiger partial charge in [-0.3, -0.25) is 4.79 Å². The van der Waals surface area contributed by atoms with Crippen molar-refractivity contribution in [2.24, 2.45) is 0 Å². The predicted molar refractivity (Wildman–Crippen MR) is 74.5 cm³/mol. The zero-order valence-corrected chi connectivity index (χ0v) is 11.9. The van der Waals surface area contributed by atoms with Crippen LogP contribution in [0.25, 0.3) is 0 Å². The molecule has 0 saturated carbocycles. The Kier molecular flexibility index (Phi) is 5.18. The molecular formula is C14H22N2O3. The van der Waals surface area contributed by atoms with E-state index in [2.05, 4.69) is 0 Å². The number of nitrogens with zero attached hydrogens (tertiary/aromatic N) is 2. The molecule has 0 aromatic heterocycles. The van der Waals surface area contributed by atoms with E-state index in [1.54, 1.807) is 4.90 Å². The summed E-state index contributed by atoms with van der Waals surface area (Å²) in [4.78, 5) is 16.1. The van der Waals surface area contributed by atoms with Crippen LogP contribution in [-0.2, 0) is 0 Å². The number of carbonyl (C=O) groups excluding carboxylic acids is 1. The van der Waals surface area contributed by atoms with Crippen molar-refractivity contribution in [3.63, 3.8) is 0 Å². The van der Waals surface area contributed by atoms with Crippen LogP contribution in [0.15, 0.2) is 18.2 Å². The molecule has 0 bridgehead atoms. The van der Waals surface area contributed by atoms with Crippen LogP contribution >= 0.6 is 0 Å². The minimum Gasteiger partial charge on any atom is -0.504 e. The first-order valence-corrected chi connectivity index (χ1v) is 6.34. The lowest BCUT2D eigenvalue weighted by atomic mass is 10.1. The lowest BCUT2D eigenvalue weighted by Gasteiger charge is -2.30. The van der Waals surface area contributed by atoms with Gasteiger partial charge in [0.25, 0.3) is 5.91 Å². The summed E-state index contributed by atoms with van der Waals surface area (Å²) in [5, 5.41) is 18.7. The molecule has 1 atom stereocenters. The van der Waals surface area contributed by atoms with Crippen LogP contribution in [0.1, 0.15) is 24.2 Å². The zero-order chi connectivity index (χ0) is 14.6. The highest BCUT2D eigenvalue weighted by Gasteiger charge is 2.21. The highest BCUT2D eigenvalue weighted by molar-refractivity contribution is 5.95. The maximum atomic E-state index is 12.4. The largest absolute Gasteiger partial charge is 0.504 e. The number of hydrogen-bond acceptors (Lipinski definition) is 4. The summed E-state index contributed by atoms with van der Waals surface area (Å²) < 4.78 is 0. The van der Waals surface area contributed by atoms with Crippen LogP contribution in [-0.4, -0.2) is 59.1 Å². The quantitative estimate of drug-likeness (QED) is 0.793. The Labute approximate surface area is 114 Å². The molecule has 2 N–H and O–H groups in total. The molecule has 5 nitrogen and oxygen atoms in total. The molecule has 0 aliphatic rings. The van der Waals surface area contributed by atoms with Crippen LogP contribution in [0.4, 0.5) is 0 Å². The Morgan fingerprint density at radius 2 is 1.89 bits per heavy atom. The number of rotatable bonds is 5. The van der Waals surface area contributed by atoms with E-state index in [1.807, 2.05) is 32.8 Å². The van der Waals surface area contributed by atoms with Crippen molar-refractivity contribution in [2.75, 3.05) is 27.2 Å². The van der Waals surface area contributed by atoms with E-state index in [0.717, 1.165) is 6.54 Å². The summed E-state index contributed by atoms with van der Waals surface area (Å²) in [5.74, 6) is -0.643. The fourth-order valence-electron chi connectivity index (χ4n) is 2.10. The van der Waals surface area contributed by atoms with E-state index in [-0.39, 0.29) is 23.4 Å². The highest BCUT2D eigenvalue weighted by Crippen LogP contribution is 2.25. The summed E-state index contributed by atoms with van der Waals surface area (Å²) in [5.41, 5.74) is 0.378. The molecule has 106 valence electrons. The maximum Gasteiger partial charge on any atom is 0.254 e. The Balaban J connectivity index is 2.91. The number of carbonyl (C=O) groups is 1. The van der Waals surface area contributed by atoms with Gasteiger partial charge in [0.15, 0.2) is 11.5 Å². The molecule has 0 aliphatic heterocycles. The van der Waals surface area contributed by atoms with E-state index < -0.39 is 0 Å². The second kappa shape index (κ2) is 6.43. The fourth-order valence-corrected chi connectivity index (χ4v) is 2.10. The van der Waals surface area contributed by atoms with E-state index in [4.69, 9.17) is 0 Å². The average Bonchev–Trinajstić information content (AvgIpc) is 2.32. The molecule has 0 heterocycles. The van der Waals surface area contributed by atoms with Gasteiger partial charge in [0.05, 0.1) is 0 Å². The zero-order valence-electron chi connectivity index (χ0n) is 11.9. The summed E-state index contributed by atoms with van der Waals surface area (Å²) in [6.07, 6.45) is 0. The second-order valence-electron chi connectivity index (χ2n) is 4.91. The number of aromatic hydroxyl groups is 2. The van der Waals surface area contributed by atoms with Crippen LogP contribution in [0, 0.1) is 0 Å². The third-order valence-corrected chi connectivity index (χ3v) is 2.99. The number of phenols is 2. The number of hydrogen-bond donors (Lipinski definition) is 2. The number of phenolic OH excluding ortho intramolecular Hbond substituents is 2. The molecule has 0 spiro atoms. The Morgan fingerprint density at radius 1 is 1.26 bits per heavy atom. The van der Waals surface area contributed by atoms with Gasteiger partial charge in [-0.2, -0.15) is 0 Å². The molecule has 5 heteroatoms. The number of benzene rings is 1. The minimum atomic E-state index is -0.276. The lowest BCUT2D eigenvalue weighted by Crippen LogP contribution is -2.43. The molecule has 0 radical (unpaired) electrons. The molecule has 1 unspecified atom stereocenters. The van der Waals surface area contributed by atoms with Gasteiger partial charge in [-0.15, -0.1) is 0 Å². The van der Waals surface area contributed by atoms with Crippen molar-refractivity contribution in [3.8, 4) is 11.5 Å². The second-order valence-corrected chi connectivity index (χ2v) is 4.91.